The van der Waals surface area contributed by atoms with Crippen LogP contribution in [0, 0.1) is 0 Å². The first kappa shape index (κ1) is 4.84. The van der Waals surface area contributed by atoms with Crippen LogP contribution >= 0.6 is 0 Å². The molecule has 0 aromatic rings. The van der Waals surface area contributed by atoms with Gasteiger partial charge in [-0.1, -0.05) is 9.05 Å². The maximum absolute atomic E-state index is 10.1. The minimum atomic E-state index is -0.944. The van der Waals surface area contributed by atoms with Crippen LogP contribution in [0.2, 0.25) is 0 Å². The second kappa shape index (κ2) is 3.84. The third kappa shape index (κ3) is 3.84. The molecule has 0 atom stereocenters. The van der Waals surface area contributed by atoms with E-state index in [4.69, 9.17) is 0 Å². The molecule has 0 unspecified atom stereocenters. The average molecular weight is 81.8 g/mol. The van der Waals surface area contributed by atoms with Gasteiger partial charge in [0.2, 0.25) is 0 Å². The molecule has 0 aromatic heterocycles. The average Bonchev–Trinajstić information content (AvgIpc) is 1.41. The Morgan fingerprint density at radius 3 is 1.60 bits per heavy atom. The largest absolute Gasteiger partial charge is 0.520 e. The van der Waals surface area contributed by atoms with Gasteiger partial charge in [-0.05, 0) is 0 Å². The van der Waals surface area contributed by atoms with Crippen molar-refractivity contribution in [2.45, 2.75) is 0 Å². The molecule has 0 heterocycles. The van der Waals surface area contributed by atoms with E-state index in [1.165, 1.54) is 0 Å². The highest BCUT2D eigenvalue weighted by Crippen LogP contribution is 1.69. The van der Waals surface area contributed by atoms with Crippen molar-refractivity contribution in [3.8, 4) is 0 Å². The van der Waals surface area contributed by atoms with Gasteiger partial charge in [0, 0.05) is 0 Å². The molecule has 5 heteroatoms. The Kier molecular flexibility index (Phi) is 3.73. The van der Waals surface area contributed by atoms with E-state index in [1.54, 1.807) is 0 Å². The van der Waals surface area contributed by atoms with Crippen LogP contribution in [0.25, 0.3) is 0 Å². The van der Waals surface area contributed by atoms with Crippen LogP contribution in [0.3, 0.4) is 0 Å². The normalized spacial score (nSPS) is 7.60. The SMILES string of the molecule is FOBOF. The standard InChI is InChI=1S/BF2HO2/c2-4-1-5-3/h1H. The van der Waals surface area contributed by atoms with E-state index in [2.05, 4.69) is 9.72 Å². The van der Waals surface area contributed by atoms with E-state index < -0.39 is 7.69 Å². The Labute approximate surface area is 27.8 Å². The van der Waals surface area contributed by atoms with Crippen molar-refractivity contribution in [2.24, 2.45) is 0 Å². The molecule has 0 aliphatic heterocycles. The summed E-state index contributed by atoms with van der Waals surface area (Å²) in [6, 6.07) is 0. The van der Waals surface area contributed by atoms with Crippen molar-refractivity contribution in [3.05, 3.63) is 0 Å². The van der Waals surface area contributed by atoms with Crippen molar-refractivity contribution in [1.29, 1.82) is 0 Å². The Bertz CT molecular complexity index is 15.1. The smallest absolute Gasteiger partial charge is 0.224 e. The number of rotatable bonds is 2. The van der Waals surface area contributed by atoms with Gasteiger partial charge in [0.15, 0.2) is 0 Å². The molecule has 2 nitrogen and oxygen atoms in total. The summed E-state index contributed by atoms with van der Waals surface area (Å²) < 4.78 is 20.3. The van der Waals surface area contributed by atoms with Crippen LogP contribution in [0.4, 0.5) is 9.05 Å². The van der Waals surface area contributed by atoms with E-state index in [0.29, 0.717) is 0 Å². The molecular weight excluding hydrogens is 80.8 g/mol. The maximum Gasteiger partial charge on any atom is 0.520 e. The van der Waals surface area contributed by atoms with Crippen molar-refractivity contribution >= 4 is 7.69 Å². The maximum atomic E-state index is 10.1. The molecule has 0 bridgehead atoms. The first-order valence-corrected chi connectivity index (χ1v) is 0.886. The van der Waals surface area contributed by atoms with Crippen molar-refractivity contribution < 1.29 is 18.8 Å². The highest BCUT2D eigenvalue weighted by molar-refractivity contribution is 6.16. The second-order valence-corrected chi connectivity index (χ2v) is 0.336. The van der Waals surface area contributed by atoms with Gasteiger partial charge in [-0.25, -0.2) is 9.72 Å². The second-order valence-electron chi connectivity index (χ2n) is 0.336. The summed E-state index contributed by atoms with van der Waals surface area (Å²) in [6.45, 7) is 0. The number of hydrogen-bond donors (Lipinski definition) is 0. The van der Waals surface area contributed by atoms with Gasteiger partial charge in [0.1, 0.15) is 0 Å². The zero-order valence-corrected chi connectivity index (χ0v) is 2.28. The van der Waals surface area contributed by atoms with Gasteiger partial charge in [0.25, 0.3) is 0 Å². The predicted molar refractivity (Wildman–Crippen MR) is 11.5 cm³/mol. The van der Waals surface area contributed by atoms with Gasteiger partial charge in [-0.2, -0.15) is 0 Å². The highest BCUT2D eigenvalue weighted by atomic mass is 19.3. The number of hydrogen-bond acceptors (Lipinski definition) is 2. The lowest BCUT2D eigenvalue weighted by Gasteiger charge is -1.72. The van der Waals surface area contributed by atoms with Gasteiger partial charge >= 0.3 is 7.69 Å². The summed E-state index contributed by atoms with van der Waals surface area (Å²) in [4.78, 5) is 5.19. The Balaban J connectivity index is 2.19. The molecule has 0 saturated carbocycles. The quantitative estimate of drug-likeness (QED) is 0.438. The molecule has 0 rings (SSSR count). The van der Waals surface area contributed by atoms with E-state index in [9.17, 15) is 9.05 Å². The van der Waals surface area contributed by atoms with Crippen molar-refractivity contribution in [2.75, 3.05) is 0 Å². The molecule has 30 valence electrons. The summed E-state index contributed by atoms with van der Waals surface area (Å²) in [5.41, 5.74) is 0. The van der Waals surface area contributed by atoms with E-state index >= 15 is 0 Å². The lowest BCUT2D eigenvalue weighted by atomic mass is 10.4. The fourth-order valence-electron chi connectivity index (χ4n) is 0.0168. The molecule has 0 amide bonds. The zero-order valence-electron chi connectivity index (χ0n) is 2.28. The fourth-order valence-corrected chi connectivity index (χ4v) is 0.0168. The predicted octanol–water partition coefficient (Wildman–Crippen LogP) is 0.0551. The molecular formula is HBF2O2. The highest BCUT2D eigenvalue weighted by Gasteiger charge is 1.83. The zero-order chi connectivity index (χ0) is 4.12. The first-order chi connectivity index (χ1) is 2.41. The summed E-state index contributed by atoms with van der Waals surface area (Å²) in [6.07, 6.45) is 0. The molecule has 5 heavy (non-hydrogen) atoms. The molecule has 0 N–H and O–H groups in total. The number of halogens is 2. The van der Waals surface area contributed by atoms with Crippen molar-refractivity contribution in [3.63, 3.8) is 0 Å². The van der Waals surface area contributed by atoms with E-state index in [1.807, 2.05) is 0 Å². The summed E-state index contributed by atoms with van der Waals surface area (Å²) in [5.74, 6) is 0. The topological polar surface area (TPSA) is 18.5 Å². The minimum absolute atomic E-state index is 0.944. The van der Waals surface area contributed by atoms with Gasteiger partial charge in [-0.3, -0.25) is 0 Å². The minimum Gasteiger partial charge on any atom is -0.224 e. The molecule has 0 fully saturated rings. The molecule has 0 aliphatic rings. The molecule has 0 aliphatic carbocycles. The van der Waals surface area contributed by atoms with Crippen LogP contribution in [0.15, 0.2) is 0 Å². The summed E-state index contributed by atoms with van der Waals surface area (Å²) in [7, 11) is -0.944. The third-order valence-electron chi connectivity index (χ3n) is 0.0891. The molecule has 0 radical (unpaired) electrons. The van der Waals surface area contributed by atoms with Crippen LogP contribution in [0.1, 0.15) is 0 Å². The van der Waals surface area contributed by atoms with Gasteiger partial charge in [0.05, 0.1) is 0 Å². The van der Waals surface area contributed by atoms with Crippen LogP contribution < -0.4 is 0 Å². The Hall–Kier alpha value is -0.155. The van der Waals surface area contributed by atoms with E-state index in [-0.39, 0.29) is 0 Å². The van der Waals surface area contributed by atoms with Gasteiger partial charge in [-0.15, -0.1) is 0 Å². The molecule has 0 spiro atoms. The lowest BCUT2D eigenvalue weighted by Crippen LogP contribution is -1.86. The Morgan fingerprint density at radius 2 is 1.60 bits per heavy atom. The fraction of sp³-hybridized carbons (Fsp3) is 0. The van der Waals surface area contributed by atoms with Crippen LogP contribution in [0.5, 0.6) is 0 Å². The first-order valence-electron chi connectivity index (χ1n) is 0.886. The summed E-state index contributed by atoms with van der Waals surface area (Å²) in [5, 5.41) is 0. The monoisotopic (exact) mass is 82.0 g/mol. The van der Waals surface area contributed by atoms with Crippen LogP contribution in [-0.2, 0) is 9.72 Å². The van der Waals surface area contributed by atoms with E-state index in [0.717, 1.165) is 0 Å². The van der Waals surface area contributed by atoms with Gasteiger partial charge < -0.3 is 0 Å². The molecule has 0 saturated heterocycles. The lowest BCUT2D eigenvalue weighted by molar-refractivity contribution is -0.0908. The summed E-state index contributed by atoms with van der Waals surface area (Å²) >= 11 is 0. The third-order valence-corrected chi connectivity index (χ3v) is 0.0891. The van der Waals surface area contributed by atoms with Crippen LogP contribution in [-0.4, -0.2) is 7.69 Å². The Morgan fingerprint density at radius 1 is 1.20 bits per heavy atom. The molecule has 0 aromatic carbocycles. The van der Waals surface area contributed by atoms with Crippen molar-refractivity contribution in [1.82, 2.24) is 0 Å².